The molecule has 1 amide bonds. The fourth-order valence-electron chi connectivity index (χ4n) is 2.98. The second-order valence-electron chi connectivity index (χ2n) is 5.64. The summed E-state index contributed by atoms with van der Waals surface area (Å²) >= 11 is 11.9. The van der Waals surface area contributed by atoms with E-state index in [0.29, 0.717) is 16.5 Å². The first-order valence-corrected chi connectivity index (χ1v) is 8.20. The molecule has 0 bridgehead atoms. The Bertz CT molecular complexity index is 699. The number of carbonyl (C=O) groups excluding carboxylic acids is 1. The molecule has 4 heteroatoms. The highest BCUT2D eigenvalue weighted by molar-refractivity contribution is 6.42. The molecule has 1 unspecified atom stereocenters. The van der Waals surface area contributed by atoms with Crippen LogP contribution in [0.3, 0.4) is 0 Å². The van der Waals surface area contributed by atoms with E-state index in [1.54, 1.807) is 12.1 Å². The van der Waals surface area contributed by atoms with E-state index < -0.39 is 0 Å². The van der Waals surface area contributed by atoms with Crippen molar-refractivity contribution in [3.63, 3.8) is 0 Å². The summed E-state index contributed by atoms with van der Waals surface area (Å²) in [5, 5.41) is 4.13. The third-order valence-electron chi connectivity index (χ3n) is 4.05. The van der Waals surface area contributed by atoms with Crippen molar-refractivity contribution in [2.75, 3.05) is 0 Å². The van der Waals surface area contributed by atoms with Crippen LogP contribution in [0, 0.1) is 0 Å². The summed E-state index contributed by atoms with van der Waals surface area (Å²) in [6.07, 6.45) is 3.50. The number of carbonyl (C=O) groups is 1. The fraction of sp³-hybridized carbons (Fsp3) is 0.278. The summed E-state index contributed by atoms with van der Waals surface area (Å²) in [6, 6.07) is 13.8. The van der Waals surface area contributed by atoms with Gasteiger partial charge < -0.3 is 5.32 Å². The number of hydrogen-bond donors (Lipinski definition) is 1. The number of benzene rings is 2. The van der Waals surface area contributed by atoms with Crippen molar-refractivity contribution >= 4 is 29.1 Å². The molecule has 2 aromatic carbocycles. The zero-order chi connectivity index (χ0) is 15.5. The van der Waals surface area contributed by atoms with E-state index in [1.807, 2.05) is 12.1 Å². The summed E-state index contributed by atoms with van der Waals surface area (Å²) in [5.74, 6) is 0.0140. The predicted molar refractivity (Wildman–Crippen MR) is 90.4 cm³/mol. The van der Waals surface area contributed by atoms with E-state index in [-0.39, 0.29) is 11.9 Å². The molecule has 2 nitrogen and oxygen atoms in total. The van der Waals surface area contributed by atoms with Gasteiger partial charge in [-0.25, -0.2) is 0 Å². The smallest absolute Gasteiger partial charge is 0.224 e. The van der Waals surface area contributed by atoms with Crippen LogP contribution in [0.25, 0.3) is 0 Å². The Morgan fingerprint density at radius 1 is 1.14 bits per heavy atom. The Hall–Kier alpha value is -1.51. The van der Waals surface area contributed by atoms with Crippen LogP contribution in [0.4, 0.5) is 0 Å². The molecule has 0 saturated carbocycles. The predicted octanol–water partition coefficient (Wildman–Crippen LogP) is 4.73. The van der Waals surface area contributed by atoms with E-state index in [4.69, 9.17) is 23.2 Å². The first-order chi connectivity index (χ1) is 10.6. The minimum Gasteiger partial charge on any atom is -0.349 e. The van der Waals surface area contributed by atoms with E-state index in [1.165, 1.54) is 11.1 Å². The summed E-state index contributed by atoms with van der Waals surface area (Å²) in [5.41, 5.74) is 3.46. The topological polar surface area (TPSA) is 29.1 Å². The molecule has 2 aromatic rings. The van der Waals surface area contributed by atoms with Gasteiger partial charge in [0, 0.05) is 0 Å². The van der Waals surface area contributed by atoms with Crippen LogP contribution in [-0.2, 0) is 17.6 Å². The maximum absolute atomic E-state index is 12.3. The Morgan fingerprint density at radius 3 is 2.77 bits per heavy atom. The van der Waals surface area contributed by atoms with Gasteiger partial charge in [0.05, 0.1) is 22.5 Å². The highest BCUT2D eigenvalue weighted by Crippen LogP contribution is 2.29. The summed E-state index contributed by atoms with van der Waals surface area (Å²) in [4.78, 5) is 12.3. The average molecular weight is 334 g/mol. The lowest BCUT2D eigenvalue weighted by molar-refractivity contribution is -0.121. The van der Waals surface area contributed by atoms with Gasteiger partial charge in [0.25, 0.3) is 0 Å². The van der Waals surface area contributed by atoms with Crippen molar-refractivity contribution in [3.8, 4) is 0 Å². The van der Waals surface area contributed by atoms with E-state index >= 15 is 0 Å². The third-order valence-corrected chi connectivity index (χ3v) is 4.79. The first kappa shape index (κ1) is 15.4. The summed E-state index contributed by atoms with van der Waals surface area (Å²) < 4.78 is 0. The molecule has 22 heavy (non-hydrogen) atoms. The highest BCUT2D eigenvalue weighted by Gasteiger charge is 2.21. The number of hydrogen-bond acceptors (Lipinski definition) is 1. The third kappa shape index (κ3) is 3.45. The molecule has 1 atom stereocenters. The van der Waals surface area contributed by atoms with Crippen molar-refractivity contribution in [1.82, 2.24) is 5.32 Å². The van der Waals surface area contributed by atoms with Crippen molar-refractivity contribution in [2.24, 2.45) is 0 Å². The molecule has 0 saturated heterocycles. The molecule has 0 aliphatic heterocycles. The molecule has 0 aromatic heterocycles. The van der Waals surface area contributed by atoms with Crippen LogP contribution in [0.1, 0.15) is 35.6 Å². The minimum atomic E-state index is 0.0140. The largest absolute Gasteiger partial charge is 0.349 e. The van der Waals surface area contributed by atoms with Crippen LogP contribution >= 0.6 is 23.2 Å². The number of amides is 1. The Labute approximate surface area is 140 Å². The van der Waals surface area contributed by atoms with Gasteiger partial charge in [-0.1, -0.05) is 53.5 Å². The molecule has 1 N–H and O–H groups in total. The first-order valence-electron chi connectivity index (χ1n) is 7.44. The lowest BCUT2D eigenvalue weighted by Gasteiger charge is -2.26. The molecule has 1 aliphatic carbocycles. The molecular weight excluding hydrogens is 317 g/mol. The van der Waals surface area contributed by atoms with Crippen molar-refractivity contribution < 1.29 is 4.79 Å². The average Bonchev–Trinajstić information content (AvgIpc) is 2.51. The van der Waals surface area contributed by atoms with Gasteiger partial charge >= 0.3 is 0 Å². The standard InChI is InChI=1S/C18H17Cl2NO/c19-15-9-8-12(10-16(15)20)11-18(22)21-17-7-3-5-13-4-1-2-6-14(13)17/h1-2,4,6,8-10,17H,3,5,7,11H2,(H,21,22). The number of nitrogens with one attached hydrogen (secondary N) is 1. The normalized spacial score (nSPS) is 16.9. The number of aryl methyl sites for hydroxylation is 1. The maximum Gasteiger partial charge on any atom is 0.224 e. The van der Waals surface area contributed by atoms with Crippen LogP contribution < -0.4 is 5.32 Å². The molecule has 114 valence electrons. The van der Waals surface area contributed by atoms with E-state index in [2.05, 4.69) is 23.5 Å². The van der Waals surface area contributed by atoms with E-state index in [9.17, 15) is 4.79 Å². The maximum atomic E-state index is 12.3. The molecular formula is C18H17Cl2NO. The van der Waals surface area contributed by atoms with Gasteiger partial charge in [0.15, 0.2) is 0 Å². The molecule has 0 spiro atoms. The van der Waals surface area contributed by atoms with Crippen molar-refractivity contribution in [1.29, 1.82) is 0 Å². The van der Waals surface area contributed by atoms with Crippen molar-refractivity contribution in [3.05, 3.63) is 69.2 Å². The zero-order valence-electron chi connectivity index (χ0n) is 12.1. The van der Waals surface area contributed by atoms with Crippen molar-refractivity contribution in [2.45, 2.75) is 31.7 Å². The Balaban J connectivity index is 1.69. The van der Waals surface area contributed by atoms with Gasteiger partial charge in [-0.2, -0.15) is 0 Å². The minimum absolute atomic E-state index is 0.0140. The molecule has 0 heterocycles. The lowest BCUT2D eigenvalue weighted by Crippen LogP contribution is -2.32. The molecule has 0 radical (unpaired) electrons. The number of rotatable bonds is 3. The number of halogens is 2. The second kappa shape index (κ2) is 6.72. The molecule has 3 rings (SSSR count). The van der Waals surface area contributed by atoms with Crippen LogP contribution in [0.5, 0.6) is 0 Å². The van der Waals surface area contributed by atoms with Gasteiger partial charge in [-0.3, -0.25) is 4.79 Å². The van der Waals surface area contributed by atoms with Gasteiger partial charge in [0.2, 0.25) is 5.91 Å². The van der Waals surface area contributed by atoms with E-state index in [0.717, 1.165) is 24.8 Å². The number of fused-ring (bicyclic) bond motifs is 1. The second-order valence-corrected chi connectivity index (χ2v) is 6.45. The SMILES string of the molecule is O=C(Cc1ccc(Cl)c(Cl)c1)NC1CCCc2ccccc21. The fourth-order valence-corrected chi connectivity index (χ4v) is 3.30. The van der Waals surface area contributed by atoms with Crippen LogP contribution in [-0.4, -0.2) is 5.91 Å². The van der Waals surface area contributed by atoms with Gasteiger partial charge in [-0.05, 0) is 48.1 Å². The quantitative estimate of drug-likeness (QED) is 0.864. The van der Waals surface area contributed by atoms with Crippen LogP contribution in [0.2, 0.25) is 10.0 Å². The van der Waals surface area contributed by atoms with Gasteiger partial charge in [-0.15, -0.1) is 0 Å². The Kier molecular flexibility index (Phi) is 4.70. The Morgan fingerprint density at radius 2 is 1.95 bits per heavy atom. The summed E-state index contributed by atoms with van der Waals surface area (Å²) in [6.45, 7) is 0. The zero-order valence-corrected chi connectivity index (χ0v) is 13.6. The van der Waals surface area contributed by atoms with Gasteiger partial charge in [0.1, 0.15) is 0 Å². The summed E-state index contributed by atoms with van der Waals surface area (Å²) in [7, 11) is 0. The molecule has 1 aliphatic rings. The highest BCUT2D eigenvalue weighted by atomic mass is 35.5. The molecule has 0 fully saturated rings. The lowest BCUT2D eigenvalue weighted by atomic mass is 9.87. The monoisotopic (exact) mass is 333 g/mol. The van der Waals surface area contributed by atoms with Crippen LogP contribution in [0.15, 0.2) is 42.5 Å².